The van der Waals surface area contributed by atoms with Gasteiger partial charge in [0.1, 0.15) is 11.7 Å². The average molecular weight is 435 g/mol. The summed E-state index contributed by atoms with van der Waals surface area (Å²) in [4.78, 5) is 11.2. The summed E-state index contributed by atoms with van der Waals surface area (Å²) in [7, 11) is -3.70. The number of carboxylic acid groups (broad SMARTS) is 1. The Labute approximate surface area is 163 Å². The van der Waals surface area contributed by atoms with E-state index in [0.29, 0.717) is 0 Å². The molecule has 0 amide bonds. The zero-order valence-electron chi connectivity index (χ0n) is 14.3. The molecule has 1 aliphatic heterocycles. The van der Waals surface area contributed by atoms with Gasteiger partial charge in [-0.25, -0.2) is 8.42 Å². The lowest BCUT2D eigenvalue weighted by atomic mass is 9.88. The van der Waals surface area contributed by atoms with Crippen LogP contribution >= 0.6 is 11.6 Å². The van der Waals surface area contributed by atoms with Gasteiger partial charge in [0.25, 0.3) is 0 Å². The third-order valence-corrected chi connectivity index (χ3v) is 5.77. The number of carbonyl (C=O) groups is 1. The van der Waals surface area contributed by atoms with E-state index in [2.05, 4.69) is 0 Å². The fourth-order valence-corrected chi connectivity index (χ4v) is 4.36. The SMILES string of the molecule is CS(=O)(=O)c1ccccc1-c1cc(Cl)cc2c1O[C@H](C(F)(F)F)[C@H](C(=O)O)C2. The Balaban J connectivity index is 2.26. The lowest BCUT2D eigenvalue weighted by Gasteiger charge is -2.34. The third kappa shape index (κ3) is 3.81. The maximum absolute atomic E-state index is 13.4. The highest BCUT2D eigenvalue weighted by atomic mass is 35.5. The molecule has 1 heterocycles. The normalized spacial score (nSPS) is 19.6. The van der Waals surface area contributed by atoms with Crippen LogP contribution in [0.3, 0.4) is 0 Å². The molecule has 5 nitrogen and oxygen atoms in total. The molecule has 150 valence electrons. The molecule has 2 aromatic carbocycles. The summed E-state index contributed by atoms with van der Waals surface area (Å²) in [6.07, 6.45) is -6.97. The van der Waals surface area contributed by atoms with E-state index in [1.807, 2.05) is 0 Å². The van der Waals surface area contributed by atoms with E-state index >= 15 is 0 Å². The van der Waals surface area contributed by atoms with Gasteiger partial charge < -0.3 is 9.84 Å². The molecular weight excluding hydrogens is 421 g/mol. The molecule has 0 unspecified atom stereocenters. The van der Waals surface area contributed by atoms with Crippen molar-refractivity contribution in [3.8, 4) is 16.9 Å². The van der Waals surface area contributed by atoms with E-state index in [1.165, 1.54) is 36.4 Å². The molecule has 0 radical (unpaired) electrons. The van der Waals surface area contributed by atoms with Crippen molar-refractivity contribution < 1.29 is 36.2 Å². The van der Waals surface area contributed by atoms with Crippen LogP contribution in [0.2, 0.25) is 5.02 Å². The number of hydrogen-bond donors (Lipinski definition) is 1. The summed E-state index contributed by atoms with van der Waals surface area (Å²) in [5.74, 6) is -3.71. The van der Waals surface area contributed by atoms with Crippen LogP contribution < -0.4 is 4.74 Å². The molecule has 2 aromatic rings. The van der Waals surface area contributed by atoms with E-state index in [-0.39, 0.29) is 32.4 Å². The zero-order valence-corrected chi connectivity index (χ0v) is 15.9. The molecule has 28 heavy (non-hydrogen) atoms. The molecule has 2 atom stereocenters. The lowest BCUT2D eigenvalue weighted by Crippen LogP contribution is -2.47. The van der Waals surface area contributed by atoms with Crippen LogP contribution in [0.5, 0.6) is 5.75 Å². The minimum atomic E-state index is -4.92. The summed E-state index contributed by atoms with van der Waals surface area (Å²) in [5, 5.41) is 9.33. The number of rotatable bonds is 3. The summed E-state index contributed by atoms with van der Waals surface area (Å²) >= 11 is 6.08. The van der Waals surface area contributed by atoms with E-state index in [9.17, 15) is 31.5 Å². The van der Waals surface area contributed by atoms with Gasteiger partial charge in [-0.15, -0.1) is 0 Å². The Bertz CT molecular complexity index is 1050. The lowest BCUT2D eigenvalue weighted by molar-refractivity contribution is -0.217. The summed E-state index contributed by atoms with van der Waals surface area (Å²) < 4.78 is 69.6. The number of carboxylic acids is 1. The van der Waals surface area contributed by atoms with E-state index in [1.54, 1.807) is 0 Å². The predicted octanol–water partition coefficient (Wildman–Crippen LogP) is 3.98. The molecule has 1 aliphatic rings. The van der Waals surface area contributed by atoms with Gasteiger partial charge in [-0.1, -0.05) is 29.8 Å². The maximum atomic E-state index is 13.4. The van der Waals surface area contributed by atoms with Crippen LogP contribution in [-0.2, 0) is 21.1 Å². The van der Waals surface area contributed by atoms with Gasteiger partial charge >= 0.3 is 12.1 Å². The van der Waals surface area contributed by atoms with Gasteiger partial charge in [-0.3, -0.25) is 4.79 Å². The number of halogens is 4. The van der Waals surface area contributed by atoms with Crippen LogP contribution in [0.25, 0.3) is 11.1 Å². The van der Waals surface area contributed by atoms with Gasteiger partial charge in [-0.2, -0.15) is 13.2 Å². The van der Waals surface area contributed by atoms with Gasteiger partial charge in [0.05, 0.1) is 4.90 Å². The summed E-state index contributed by atoms with van der Waals surface area (Å²) in [5.41, 5.74) is 0.346. The molecule has 3 rings (SSSR count). The molecule has 0 aliphatic carbocycles. The molecule has 10 heteroatoms. The van der Waals surface area contributed by atoms with Gasteiger partial charge in [0, 0.05) is 22.4 Å². The van der Waals surface area contributed by atoms with Crippen LogP contribution in [0.15, 0.2) is 41.3 Å². The number of hydrogen-bond acceptors (Lipinski definition) is 4. The van der Waals surface area contributed by atoms with E-state index in [0.717, 1.165) is 6.26 Å². The number of fused-ring (bicyclic) bond motifs is 1. The van der Waals surface area contributed by atoms with E-state index in [4.69, 9.17) is 16.3 Å². The average Bonchev–Trinajstić information content (AvgIpc) is 2.58. The smallest absolute Gasteiger partial charge is 0.426 e. The van der Waals surface area contributed by atoms with Gasteiger partial charge in [0.15, 0.2) is 9.84 Å². The molecule has 0 saturated heterocycles. The van der Waals surface area contributed by atoms with Crippen molar-refractivity contribution in [2.75, 3.05) is 6.26 Å². The Kier molecular flexibility index (Phi) is 5.09. The van der Waals surface area contributed by atoms with Gasteiger partial charge in [-0.05, 0) is 30.2 Å². The van der Waals surface area contributed by atoms with Crippen LogP contribution in [0.4, 0.5) is 13.2 Å². The van der Waals surface area contributed by atoms with Crippen molar-refractivity contribution in [1.82, 2.24) is 0 Å². The molecule has 0 spiro atoms. The maximum Gasteiger partial charge on any atom is 0.426 e. The fraction of sp³-hybridized carbons (Fsp3) is 0.278. The number of benzene rings is 2. The Hall–Kier alpha value is -2.26. The van der Waals surface area contributed by atoms with Crippen molar-refractivity contribution in [1.29, 1.82) is 0 Å². The van der Waals surface area contributed by atoms with Crippen molar-refractivity contribution >= 4 is 27.4 Å². The monoisotopic (exact) mass is 434 g/mol. The van der Waals surface area contributed by atoms with Crippen LogP contribution in [0.1, 0.15) is 5.56 Å². The first-order valence-electron chi connectivity index (χ1n) is 7.97. The largest absolute Gasteiger partial charge is 0.481 e. The highest BCUT2D eigenvalue weighted by Crippen LogP contribution is 2.46. The highest BCUT2D eigenvalue weighted by Gasteiger charge is 2.52. The minimum Gasteiger partial charge on any atom is -0.481 e. The van der Waals surface area contributed by atoms with Crippen LogP contribution in [-0.4, -0.2) is 38.0 Å². The van der Waals surface area contributed by atoms with Crippen molar-refractivity contribution in [3.05, 3.63) is 47.0 Å². The first-order valence-corrected chi connectivity index (χ1v) is 10.2. The molecule has 0 fully saturated rings. The second-order valence-corrected chi connectivity index (χ2v) is 8.86. The quantitative estimate of drug-likeness (QED) is 0.790. The zero-order chi connectivity index (χ0) is 20.9. The number of aliphatic carboxylic acids is 1. The van der Waals surface area contributed by atoms with Crippen LogP contribution in [0, 0.1) is 5.92 Å². The summed E-state index contributed by atoms with van der Waals surface area (Å²) in [6.45, 7) is 0. The summed E-state index contributed by atoms with van der Waals surface area (Å²) in [6, 6.07) is 8.39. The second kappa shape index (κ2) is 6.97. The standard InChI is InChI=1S/C18H14ClF3O5S/c1-28(25,26)14-5-3-2-4-11(14)12-8-10(19)6-9-7-13(17(23)24)16(18(20,21)22)27-15(9)12/h2-6,8,13,16H,7H2,1H3,(H,23,24)/t13-,16+/m1/s1. The van der Waals surface area contributed by atoms with Gasteiger partial charge in [0.2, 0.25) is 6.10 Å². The molecule has 0 bridgehead atoms. The Morgan fingerprint density at radius 2 is 1.86 bits per heavy atom. The van der Waals surface area contributed by atoms with E-state index < -0.39 is 40.4 Å². The van der Waals surface area contributed by atoms with Crippen molar-refractivity contribution in [3.63, 3.8) is 0 Å². The van der Waals surface area contributed by atoms with Crippen molar-refractivity contribution in [2.24, 2.45) is 5.92 Å². The third-order valence-electron chi connectivity index (χ3n) is 4.40. The van der Waals surface area contributed by atoms with Crippen molar-refractivity contribution in [2.45, 2.75) is 23.6 Å². The number of alkyl halides is 3. The molecule has 1 N–H and O–H groups in total. The molecular formula is C18H14ClF3O5S. The number of sulfone groups is 1. The highest BCUT2D eigenvalue weighted by molar-refractivity contribution is 7.90. The first kappa shape index (κ1) is 20.5. The first-order chi connectivity index (χ1) is 12.9. The molecule has 0 saturated carbocycles. The number of ether oxygens (including phenoxy) is 1. The fourth-order valence-electron chi connectivity index (χ4n) is 3.22. The Morgan fingerprint density at radius 1 is 1.21 bits per heavy atom. The topological polar surface area (TPSA) is 80.7 Å². The Morgan fingerprint density at radius 3 is 2.43 bits per heavy atom. The molecule has 0 aromatic heterocycles. The second-order valence-electron chi connectivity index (χ2n) is 6.44. The predicted molar refractivity (Wildman–Crippen MR) is 95.3 cm³/mol. The minimum absolute atomic E-state index is 0.0570.